The molecular weight excluding hydrogens is 338 g/mol. The Morgan fingerprint density at radius 2 is 2.00 bits per heavy atom. The summed E-state index contributed by atoms with van der Waals surface area (Å²) in [5.41, 5.74) is 2.31. The van der Waals surface area contributed by atoms with Crippen molar-refractivity contribution in [1.29, 1.82) is 5.26 Å². The summed E-state index contributed by atoms with van der Waals surface area (Å²) >= 11 is 0. The number of methoxy groups -OCH3 is 1. The largest absolute Gasteiger partial charge is 0.497 e. The van der Waals surface area contributed by atoms with Crippen molar-refractivity contribution in [2.45, 2.75) is 6.54 Å². The molecule has 5 heteroatoms. The fourth-order valence-electron chi connectivity index (χ4n) is 2.80. The van der Waals surface area contributed by atoms with Crippen LogP contribution in [-0.2, 0) is 11.3 Å². The first kappa shape index (κ1) is 17.8. The lowest BCUT2D eigenvalue weighted by molar-refractivity contribution is -0.112. The summed E-state index contributed by atoms with van der Waals surface area (Å²) in [6.07, 6.45) is 8.86. The molecule has 3 rings (SSSR count). The van der Waals surface area contributed by atoms with Gasteiger partial charge in [0.2, 0.25) is 0 Å². The number of benzene rings is 2. The maximum atomic E-state index is 12.5. The number of carbonyl (C=O) groups is 1. The molecule has 0 bridgehead atoms. The molecule has 0 aliphatic heterocycles. The topological polar surface area (TPSA) is 67.0 Å². The maximum Gasteiger partial charge on any atom is 0.266 e. The van der Waals surface area contributed by atoms with E-state index in [0.717, 1.165) is 16.5 Å². The summed E-state index contributed by atoms with van der Waals surface area (Å²) in [4.78, 5) is 12.5. The van der Waals surface area contributed by atoms with E-state index in [9.17, 15) is 10.1 Å². The molecule has 0 saturated carbocycles. The first-order valence-electron chi connectivity index (χ1n) is 8.25. The second-order valence-electron chi connectivity index (χ2n) is 5.79. The number of hydrogen-bond donors (Lipinski definition) is 1. The Morgan fingerprint density at radius 1 is 1.26 bits per heavy atom. The zero-order chi connectivity index (χ0) is 19.2. The molecule has 1 N–H and O–H groups in total. The molecule has 3 aromatic rings. The van der Waals surface area contributed by atoms with Gasteiger partial charge >= 0.3 is 0 Å². The molecule has 0 spiro atoms. The number of hydrogen-bond acceptors (Lipinski definition) is 3. The van der Waals surface area contributed by atoms with E-state index in [4.69, 9.17) is 11.2 Å². The third-order valence-electron chi connectivity index (χ3n) is 4.09. The Hall–Kier alpha value is -3.96. The predicted molar refractivity (Wildman–Crippen MR) is 106 cm³/mol. The number of rotatable bonds is 5. The summed E-state index contributed by atoms with van der Waals surface area (Å²) in [6.45, 7) is 0.411. The van der Waals surface area contributed by atoms with Crippen LogP contribution >= 0.6 is 0 Å². The molecule has 1 amide bonds. The van der Waals surface area contributed by atoms with Crippen LogP contribution in [0.25, 0.3) is 17.0 Å². The fourth-order valence-corrected chi connectivity index (χ4v) is 2.80. The molecule has 1 heterocycles. The molecule has 5 nitrogen and oxygen atoms in total. The van der Waals surface area contributed by atoms with E-state index in [1.807, 2.05) is 41.1 Å². The molecule has 1 aromatic heterocycles. The highest BCUT2D eigenvalue weighted by Crippen LogP contribution is 2.24. The number of ether oxygens (including phenoxy) is 1. The number of carbonyl (C=O) groups excluding carboxylic acids is 1. The Labute approximate surface area is 157 Å². The van der Waals surface area contributed by atoms with Gasteiger partial charge in [-0.2, -0.15) is 5.26 Å². The highest BCUT2D eigenvalue weighted by atomic mass is 16.5. The number of para-hydroxylation sites is 1. The van der Waals surface area contributed by atoms with E-state index in [1.165, 1.54) is 0 Å². The van der Waals surface area contributed by atoms with Gasteiger partial charge in [-0.25, -0.2) is 0 Å². The van der Waals surface area contributed by atoms with Crippen LogP contribution in [0.1, 0.15) is 5.56 Å². The molecule has 0 atom stereocenters. The van der Waals surface area contributed by atoms with Crippen molar-refractivity contribution >= 4 is 28.6 Å². The standard InChI is InChI=1S/C22H17N3O2/c1-3-12-25-15-17(20-6-4-5-7-21(20)25)13-16(14-23)22(26)24-18-8-10-19(27-2)11-9-18/h1,4-11,13,15H,12H2,2H3,(H,24,26)/b16-13+. The summed E-state index contributed by atoms with van der Waals surface area (Å²) < 4.78 is 7.01. The molecule has 0 aliphatic rings. The highest BCUT2D eigenvalue weighted by Gasteiger charge is 2.12. The monoisotopic (exact) mass is 355 g/mol. The van der Waals surface area contributed by atoms with E-state index < -0.39 is 5.91 Å². The van der Waals surface area contributed by atoms with Gasteiger partial charge in [0.25, 0.3) is 5.91 Å². The van der Waals surface area contributed by atoms with E-state index in [0.29, 0.717) is 18.0 Å². The average molecular weight is 355 g/mol. The molecular formula is C22H17N3O2. The average Bonchev–Trinajstić information content (AvgIpc) is 3.04. The zero-order valence-electron chi connectivity index (χ0n) is 14.8. The maximum absolute atomic E-state index is 12.5. The van der Waals surface area contributed by atoms with Gasteiger partial charge in [-0.3, -0.25) is 4.79 Å². The minimum atomic E-state index is -0.476. The van der Waals surface area contributed by atoms with Gasteiger partial charge < -0.3 is 14.6 Å². The van der Waals surface area contributed by atoms with Gasteiger partial charge in [-0.05, 0) is 36.4 Å². The summed E-state index contributed by atoms with van der Waals surface area (Å²) in [5, 5.41) is 13.1. The fraction of sp³-hybridized carbons (Fsp3) is 0.0909. The lowest BCUT2D eigenvalue weighted by atomic mass is 10.1. The first-order chi connectivity index (χ1) is 13.2. The van der Waals surface area contributed by atoms with Crippen molar-refractivity contribution in [2.24, 2.45) is 0 Å². The van der Waals surface area contributed by atoms with Crippen LogP contribution in [0.3, 0.4) is 0 Å². The molecule has 132 valence electrons. The first-order valence-corrected chi connectivity index (χ1v) is 8.25. The number of fused-ring (bicyclic) bond motifs is 1. The molecule has 2 aromatic carbocycles. The van der Waals surface area contributed by atoms with Gasteiger partial charge in [0.1, 0.15) is 17.4 Å². The minimum Gasteiger partial charge on any atom is -0.497 e. The van der Waals surface area contributed by atoms with Crippen LogP contribution in [0, 0.1) is 23.7 Å². The van der Waals surface area contributed by atoms with Crippen molar-refractivity contribution in [1.82, 2.24) is 4.57 Å². The second-order valence-corrected chi connectivity index (χ2v) is 5.79. The third kappa shape index (κ3) is 3.84. The highest BCUT2D eigenvalue weighted by molar-refractivity contribution is 6.10. The molecule has 0 radical (unpaired) electrons. The van der Waals surface area contributed by atoms with Crippen LogP contribution < -0.4 is 10.1 Å². The van der Waals surface area contributed by atoms with Crippen LogP contribution in [-0.4, -0.2) is 17.6 Å². The normalized spacial score (nSPS) is 10.9. The van der Waals surface area contributed by atoms with Crippen LogP contribution in [0.5, 0.6) is 5.75 Å². The van der Waals surface area contributed by atoms with E-state index >= 15 is 0 Å². The van der Waals surface area contributed by atoms with Gasteiger partial charge in [0, 0.05) is 28.4 Å². The number of nitriles is 1. The SMILES string of the molecule is C#CCn1cc(/C=C(\C#N)C(=O)Nc2ccc(OC)cc2)c2ccccc21. The van der Waals surface area contributed by atoms with Crippen LogP contribution in [0.4, 0.5) is 5.69 Å². The number of amides is 1. The molecule has 0 aliphatic carbocycles. The Morgan fingerprint density at radius 3 is 2.67 bits per heavy atom. The lowest BCUT2D eigenvalue weighted by Crippen LogP contribution is -2.13. The Kier molecular flexibility index (Phi) is 5.25. The number of nitrogens with zero attached hydrogens (tertiary/aromatic N) is 2. The number of aromatic nitrogens is 1. The predicted octanol–water partition coefficient (Wildman–Crippen LogP) is 3.83. The number of terminal acetylenes is 1. The molecule has 0 saturated heterocycles. The van der Waals surface area contributed by atoms with Crippen LogP contribution in [0.2, 0.25) is 0 Å². The molecule has 27 heavy (non-hydrogen) atoms. The zero-order valence-corrected chi connectivity index (χ0v) is 14.8. The quantitative estimate of drug-likeness (QED) is 0.430. The number of nitrogens with one attached hydrogen (secondary N) is 1. The van der Waals surface area contributed by atoms with Gasteiger partial charge in [-0.15, -0.1) is 6.42 Å². The third-order valence-corrected chi connectivity index (χ3v) is 4.09. The smallest absolute Gasteiger partial charge is 0.266 e. The molecule has 0 fully saturated rings. The number of anilines is 1. The van der Waals surface area contributed by atoms with Crippen molar-refractivity contribution in [3.05, 3.63) is 65.9 Å². The van der Waals surface area contributed by atoms with Crippen molar-refractivity contribution in [3.8, 4) is 24.2 Å². The second kappa shape index (κ2) is 7.95. The minimum absolute atomic E-state index is 0.00873. The Bertz CT molecular complexity index is 1090. The van der Waals surface area contributed by atoms with Crippen molar-refractivity contribution in [2.75, 3.05) is 12.4 Å². The lowest BCUT2D eigenvalue weighted by Gasteiger charge is -2.05. The Balaban J connectivity index is 1.92. The van der Waals surface area contributed by atoms with Gasteiger partial charge in [-0.1, -0.05) is 24.1 Å². The van der Waals surface area contributed by atoms with Crippen LogP contribution in [0.15, 0.2) is 60.3 Å². The summed E-state index contributed by atoms with van der Waals surface area (Å²) in [7, 11) is 1.57. The van der Waals surface area contributed by atoms with Gasteiger partial charge in [0.05, 0.1) is 13.7 Å². The van der Waals surface area contributed by atoms with E-state index in [2.05, 4.69) is 11.2 Å². The van der Waals surface area contributed by atoms with Gasteiger partial charge in [0.15, 0.2) is 0 Å². The van der Waals surface area contributed by atoms with E-state index in [1.54, 1.807) is 37.5 Å². The molecule has 0 unspecified atom stereocenters. The summed E-state index contributed by atoms with van der Waals surface area (Å²) in [6, 6.07) is 16.6. The summed E-state index contributed by atoms with van der Waals surface area (Å²) in [5.74, 6) is 2.82. The van der Waals surface area contributed by atoms with Crippen molar-refractivity contribution < 1.29 is 9.53 Å². The van der Waals surface area contributed by atoms with E-state index in [-0.39, 0.29) is 5.57 Å². The van der Waals surface area contributed by atoms with Crippen molar-refractivity contribution in [3.63, 3.8) is 0 Å².